The van der Waals surface area contributed by atoms with Crippen LogP contribution in [0.3, 0.4) is 0 Å². The molecule has 0 bridgehead atoms. The maximum atomic E-state index is 13.5. The molecule has 8 heteroatoms. The van der Waals surface area contributed by atoms with Crippen molar-refractivity contribution in [3.63, 3.8) is 0 Å². The number of carbonyl (C=O) groups is 3. The van der Waals surface area contributed by atoms with Gasteiger partial charge in [0, 0.05) is 6.08 Å². The minimum absolute atomic E-state index is 0.412. The molecule has 0 aromatic heterocycles. The Balaban J connectivity index is 2.38. The smallest absolute Gasteiger partial charge is 0.437 e. The third-order valence-corrected chi connectivity index (χ3v) is 3.07. The number of hydrogen-bond donors (Lipinski definition) is 0. The molecule has 1 aliphatic rings. The molecule has 1 fully saturated rings. The molecule has 22 heavy (non-hydrogen) atoms. The zero-order valence-corrected chi connectivity index (χ0v) is 12.0. The van der Waals surface area contributed by atoms with Crippen LogP contribution in [0.5, 0.6) is 0 Å². The lowest BCUT2D eigenvalue weighted by Gasteiger charge is -2.23. The Labute approximate surface area is 126 Å². The summed E-state index contributed by atoms with van der Waals surface area (Å²) >= 11 is 0. The van der Waals surface area contributed by atoms with Crippen molar-refractivity contribution in [2.75, 3.05) is 13.2 Å². The van der Waals surface area contributed by atoms with Crippen LogP contribution in [-0.2, 0) is 28.6 Å². The van der Waals surface area contributed by atoms with Crippen molar-refractivity contribution in [3.8, 4) is 0 Å². The fraction of sp³-hybridized carbons (Fsp3) is 0.643. The van der Waals surface area contributed by atoms with Gasteiger partial charge in [0.25, 0.3) is 0 Å². The molecular weight excluding hydrogens is 302 g/mol. The lowest BCUT2D eigenvalue weighted by atomic mass is 9.98. The summed E-state index contributed by atoms with van der Waals surface area (Å²) < 4.78 is 40.4. The first-order valence-electron chi connectivity index (χ1n) is 6.93. The van der Waals surface area contributed by atoms with Crippen molar-refractivity contribution in [2.45, 2.75) is 44.1 Å². The van der Waals surface area contributed by atoms with Gasteiger partial charge in [-0.15, -0.1) is 0 Å². The van der Waals surface area contributed by atoms with Crippen LogP contribution < -0.4 is 0 Å². The molecule has 1 rings (SSSR count). The van der Waals surface area contributed by atoms with Gasteiger partial charge >= 0.3 is 23.8 Å². The van der Waals surface area contributed by atoms with E-state index in [0.29, 0.717) is 12.8 Å². The number of ether oxygens (including phenoxy) is 3. The third-order valence-electron chi connectivity index (χ3n) is 3.07. The first kappa shape index (κ1) is 18.1. The number of carbonyl (C=O) groups excluding carboxylic acids is 3. The van der Waals surface area contributed by atoms with E-state index in [1.165, 1.54) is 0 Å². The fourth-order valence-corrected chi connectivity index (χ4v) is 1.92. The van der Waals surface area contributed by atoms with E-state index < -0.39 is 43.1 Å². The van der Waals surface area contributed by atoms with E-state index in [1.807, 2.05) is 0 Å². The largest absolute Gasteiger partial charge is 0.459 e. The summed E-state index contributed by atoms with van der Waals surface area (Å²) in [4.78, 5) is 33.3. The molecule has 6 nitrogen and oxygen atoms in total. The Hall–Kier alpha value is -1.99. The van der Waals surface area contributed by atoms with Crippen molar-refractivity contribution in [3.05, 3.63) is 12.7 Å². The minimum atomic E-state index is -4.38. The minimum Gasteiger partial charge on any atom is -0.459 e. The molecule has 0 amide bonds. The van der Waals surface area contributed by atoms with Crippen molar-refractivity contribution >= 4 is 17.9 Å². The number of rotatable bonds is 7. The lowest BCUT2D eigenvalue weighted by molar-refractivity contribution is -0.195. The van der Waals surface area contributed by atoms with Crippen molar-refractivity contribution in [1.82, 2.24) is 0 Å². The monoisotopic (exact) mass is 320 g/mol. The van der Waals surface area contributed by atoms with E-state index in [1.54, 1.807) is 0 Å². The SMILES string of the molecule is C=CC(=O)OCCOC(=O)C(F)(F)C(=O)OC1CCCCC1. The molecule has 0 aromatic carbocycles. The Bertz CT molecular complexity index is 429. The van der Waals surface area contributed by atoms with Crippen LogP contribution in [0.4, 0.5) is 8.78 Å². The van der Waals surface area contributed by atoms with Gasteiger partial charge in [0.1, 0.15) is 19.3 Å². The summed E-state index contributed by atoms with van der Waals surface area (Å²) in [7, 11) is 0. The van der Waals surface area contributed by atoms with E-state index in [-0.39, 0.29) is 0 Å². The Morgan fingerprint density at radius 2 is 1.64 bits per heavy atom. The molecule has 0 radical (unpaired) electrons. The average Bonchev–Trinajstić information content (AvgIpc) is 2.51. The maximum absolute atomic E-state index is 13.5. The molecule has 0 spiro atoms. The second kappa shape index (κ2) is 8.45. The zero-order chi connectivity index (χ0) is 16.6. The Kier molecular flexibility index (Phi) is 6.94. The van der Waals surface area contributed by atoms with E-state index in [0.717, 1.165) is 25.3 Å². The van der Waals surface area contributed by atoms with E-state index in [9.17, 15) is 23.2 Å². The van der Waals surface area contributed by atoms with Crippen LogP contribution in [0.2, 0.25) is 0 Å². The standard InChI is InChI=1S/C14H18F2O6/c1-2-11(17)20-8-9-21-12(18)14(15,16)13(19)22-10-6-4-3-5-7-10/h2,10H,1,3-9H2. The zero-order valence-electron chi connectivity index (χ0n) is 12.0. The van der Waals surface area contributed by atoms with Gasteiger partial charge in [-0.25, -0.2) is 14.4 Å². The third kappa shape index (κ3) is 5.42. The molecule has 0 atom stereocenters. The van der Waals surface area contributed by atoms with Gasteiger partial charge in [-0.1, -0.05) is 13.0 Å². The van der Waals surface area contributed by atoms with E-state index in [2.05, 4.69) is 20.8 Å². The topological polar surface area (TPSA) is 78.9 Å². The summed E-state index contributed by atoms with van der Waals surface area (Å²) in [6, 6.07) is 0. The highest BCUT2D eigenvalue weighted by molar-refractivity contribution is 6.01. The maximum Gasteiger partial charge on any atom is 0.437 e. The summed E-state index contributed by atoms with van der Waals surface area (Å²) in [5.41, 5.74) is 0. The van der Waals surface area contributed by atoms with Crippen molar-refractivity contribution in [2.24, 2.45) is 0 Å². The number of hydrogen-bond acceptors (Lipinski definition) is 6. The molecule has 124 valence electrons. The van der Waals surface area contributed by atoms with Gasteiger partial charge in [0.2, 0.25) is 0 Å². The molecule has 0 aliphatic heterocycles. The molecule has 0 aromatic rings. The molecule has 0 heterocycles. The first-order valence-corrected chi connectivity index (χ1v) is 6.93. The van der Waals surface area contributed by atoms with Crippen molar-refractivity contribution in [1.29, 1.82) is 0 Å². The normalized spacial score (nSPS) is 15.7. The van der Waals surface area contributed by atoms with E-state index in [4.69, 9.17) is 0 Å². The number of halogens is 2. The van der Waals surface area contributed by atoms with Crippen LogP contribution >= 0.6 is 0 Å². The predicted octanol–water partition coefficient (Wildman–Crippen LogP) is 1.77. The lowest BCUT2D eigenvalue weighted by Crippen LogP contribution is -2.43. The van der Waals surface area contributed by atoms with Gasteiger partial charge in [0.05, 0.1) is 0 Å². The van der Waals surface area contributed by atoms with Crippen LogP contribution in [0, 0.1) is 0 Å². The highest BCUT2D eigenvalue weighted by Gasteiger charge is 2.51. The van der Waals surface area contributed by atoms with Crippen molar-refractivity contribution < 1.29 is 37.4 Å². The number of esters is 3. The Morgan fingerprint density at radius 3 is 2.23 bits per heavy atom. The van der Waals surface area contributed by atoms with Crippen LogP contribution in [-0.4, -0.2) is 43.1 Å². The summed E-state index contributed by atoms with van der Waals surface area (Å²) in [5, 5.41) is 0. The highest BCUT2D eigenvalue weighted by Crippen LogP contribution is 2.24. The summed E-state index contributed by atoms with van der Waals surface area (Å²) in [5.74, 6) is -9.09. The average molecular weight is 320 g/mol. The first-order chi connectivity index (χ1) is 10.4. The molecule has 0 N–H and O–H groups in total. The molecular formula is C14H18F2O6. The van der Waals surface area contributed by atoms with Crippen LogP contribution in [0.15, 0.2) is 12.7 Å². The number of alkyl halides is 2. The van der Waals surface area contributed by atoms with Gasteiger partial charge in [-0.3, -0.25) is 0 Å². The molecule has 1 aliphatic carbocycles. The summed E-state index contributed by atoms with van der Waals surface area (Å²) in [6.45, 7) is 2.12. The predicted molar refractivity (Wildman–Crippen MR) is 70.0 cm³/mol. The van der Waals surface area contributed by atoms with E-state index >= 15 is 0 Å². The second-order valence-corrected chi connectivity index (χ2v) is 4.75. The van der Waals surface area contributed by atoms with Gasteiger partial charge in [-0.05, 0) is 25.7 Å². The molecule has 0 saturated heterocycles. The second-order valence-electron chi connectivity index (χ2n) is 4.75. The van der Waals surface area contributed by atoms with Crippen LogP contribution in [0.1, 0.15) is 32.1 Å². The highest BCUT2D eigenvalue weighted by atomic mass is 19.3. The molecule has 0 unspecified atom stereocenters. The van der Waals surface area contributed by atoms with Gasteiger partial charge in [0.15, 0.2) is 0 Å². The molecule has 1 saturated carbocycles. The fourth-order valence-electron chi connectivity index (χ4n) is 1.92. The quantitative estimate of drug-likeness (QED) is 0.234. The Morgan fingerprint density at radius 1 is 1.05 bits per heavy atom. The summed E-state index contributed by atoms with van der Waals surface area (Å²) in [6.07, 6.45) is 3.86. The van der Waals surface area contributed by atoms with Gasteiger partial charge in [-0.2, -0.15) is 8.78 Å². The van der Waals surface area contributed by atoms with Crippen LogP contribution in [0.25, 0.3) is 0 Å². The van der Waals surface area contributed by atoms with Gasteiger partial charge < -0.3 is 14.2 Å².